The SMILES string of the molecule is COc1ccc(CN2CCC(Nc3cc(C)nc(-c4ccc(Br)cc4)n3)C2=O)c(OC)c1. The summed E-state index contributed by atoms with van der Waals surface area (Å²) < 4.78 is 11.7. The third-order valence-electron chi connectivity index (χ3n) is 5.43. The number of rotatable bonds is 7. The van der Waals surface area contributed by atoms with Crippen LogP contribution in [-0.4, -0.2) is 47.6 Å². The number of aryl methyl sites for hydroxylation is 1. The fourth-order valence-corrected chi connectivity index (χ4v) is 4.03. The van der Waals surface area contributed by atoms with Crippen molar-refractivity contribution >= 4 is 27.7 Å². The molecule has 0 spiro atoms. The molecule has 0 aliphatic carbocycles. The number of halogens is 1. The van der Waals surface area contributed by atoms with E-state index in [1.165, 1.54) is 0 Å². The highest BCUT2D eigenvalue weighted by atomic mass is 79.9. The fourth-order valence-electron chi connectivity index (χ4n) is 3.77. The fraction of sp³-hybridized carbons (Fsp3) is 0.292. The third-order valence-corrected chi connectivity index (χ3v) is 5.96. The summed E-state index contributed by atoms with van der Waals surface area (Å²) >= 11 is 3.45. The molecule has 4 rings (SSSR count). The van der Waals surface area contributed by atoms with E-state index in [0.717, 1.165) is 27.0 Å². The summed E-state index contributed by atoms with van der Waals surface area (Å²) in [6, 6.07) is 15.0. The largest absolute Gasteiger partial charge is 0.497 e. The Kier molecular flexibility index (Phi) is 6.60. The average Bonchev–Trinajstić information content (AvgIpc) is 3.13. The molecule has 1 amide bonds. The van der Waals surface area contributed by atoms with Gasteiger partial charge in [-0.2, -0.15) is 0 Å². The van der Waals surface area contributed by atoms with Gasteiger partial charge in [-0.25, -0.2) is 9.97 Å². The van der Waals surface area contributed by atoms with E-state index in [2.05, 4.69) is 31.2 Å². The van der Waals surface area contributed by atoms with Crippen LogP contribution in [0.3, 0.4) is 0 Å². The van der Waals surface area contributed by atoms with Crippen molar-refractivity contribution in [3.63, 3.8) is 0 Å². The standard InChI is InChI=1S/C24H25BrN4O3/c1-15-12-22(28-23(26-15)16-4-7-18(25)8-5-16)27-20-10-11-29(24(20)30)14-17-6-9-19(31-2)13-21(17)32-3/h4-9,12-13,20H,10-11,14H2,1-3H3,(H,26,27,28). The van der Waals surface area contributed by atoms with E-state index in [9.17, 15) is 4.79 Å². The van der Waals surface area contributed by atoms with Crippen molar-refractivity contribution in [3.05, 3.63) is 64.3 Å². The predicted octanol–water partition coefficient (Wildman–Crippen LogP) is 4.44. The number of carbonyl (C=O) groups is 1. The van der Waals surface area contributed by atoms with Crippen molar-refractivity contribution < 1.29 is 14.3 Å². The maximum absolute atomic E-state index is 13.1. The number of hydrogen-bond acceptors (Lipinski definition) is 6. The van der Waals surface area contributed by atoms with Crippen molar-refractivity contribution in [2.45, 2.75) is 25.9 Å². The molecule has 7 nitrogen and oxygen atoms in total. The van der Waals surface area contributed by atoms with Crippen LogP contribution in [0.2, 0.25) is 0 Å². The number of hydrogen-bond donors (Lipinski definition) is 1. The topological polar surface area (TPSA) is 76.6 Å². The van der Waals surface area contributed by atoms with E-state index in [4.69, 9.17) is 9.47 Å². The van der Waals surface area contributed by atoms with Crippen molar-refractivity contribution in [1.29, 1.82) is 0 Å². The number of methoxy groups -OCH3 is 2. The van der Waals surface area contributed by atoms with Gasteiger partial charge in [-0.05, 0) is 37.6 Å². The Hall–Kier alpha value is -3.13. The van der Waals surface area contributed by atoms with Crippen LogP contribution in [0.25, 0.3) is 11.4 Å². The molecule has 166 valence electrons. The highest BCUT2D eigenvalue weighted by Crippen LogP contribution is 2.28. The van der Waals surface area contributed by atoms with Crippen molar-refractivity contribution in [2.24, 2.45) is 0 Å². The number of amides is 1. The van der Waals surface area contributed by atoms with Gasteiger partial charge < -0.3 is 19.7 Å². The zero-order chi connectivity index (χ0) is 22.7. The summed E-state index contributed by atoms with van der Waals surface area (Å²) in [5, 5.41) is 3.31. The summed E-state index contributed by atoms with van der Waals surface area (Å²) in [7, 11) is 3.24. The molecule has 3 aromatic rings. The van der Waals surface area contributed by atoms with Crippen LogP contribution in [-0.2, 0) is 11.3 Å². The van der Waals surface area contributed by atoms with Gasteiger partial charge in [0.05, 0.1) is 14.2 Å². The van der Waals surface area contributed by atoms with Crippen molar-refractivity contribution in [1.82, 2.24) is 14.9 Å². The lowest BCUT2D eigenvalue weighted by Gasteiger charge is -2.19. The molecule has 1 N–H and O–H groups in total. The van der Waals surface area contributed by atoms with E-state index in [1.54, 1.807) is 14.2 Å². The van der Waals surface area contributed by atoms with Gasteiger partial charge in [0.25, 0.3) is 0 Å². The Morgan fingerprint density at radius 3 is 2.59 bits per heavy atom. The van der Waals surface area contributed by atoms with E-state index < -0.39 is 0 Å². The Balaban J connectivity index is 1.47. The lowest BCUT2D eigenvalue weighted by Crippen LogP contribution is -2.33. The minimum Gasteiger partial charge on any atom is -0.497 e. The average molecular weight is 497 g/mol. The second kappa shape index (κ2) is 9.56. The lowest BCUT2D eigenvalue weighted by molar-refractivity contribution is -0.128. The minimum absolute atomic E-state index is 0.0457. The maximum atomic E-state index is 13.1. The predicted molar refractivity (Wildman–Crippen MR) is 127 cm³/mol. The first kappa shape index (κ1) is 22.1. The molecule has 2 heterocycles. The Labute approximate surface area is 195 Å². The Morgan fingerprint density at radius 2 is 1.88 bits per heavy atom. The van der Waals surface area contributed by atoms with Gasteiger partial charge in [-0.1, -0.05) is 28.1 Å². The maximum Gasteiger partial charge on any atom is 0.245 e. The summed E-state index contributed by atoms with van der Waals surface area (Å²) in [6.07, 6.45) is 0.702. The summed E-state index contributed by atoms with van der Waals surface area (Å²) in [5.74, 6) is 2.75. The highest BCUT2D eigenvalue weighted by molar-refractivity contribution is 9.10. The molecule has 1 atom stereocenters. The van der Waals surface area contributed by atoms with Crippen LogP contribution in [0.15, 0.2) is 53.0 Å². The van der Waals surface area contributed by atoms with Gasteiger partial charge in [0, 0.05) is 46.5 Å². The van der Waals surface area contributed by atoms with Crippen molar-refractivity contribution in [2.75, 3.05) is 26.1 Å². The monoisotopic (exact) mass is 496 g/mol. The number of nitrogens with zero attached hydrogens (tertiary/aromatic N) is 3. The first-order valence-electron chi connectivity index (χ1n) is 10.3. The second-order valence-electron chi connectivity index (χ2n) is 7.65. The third kappa shape index (κ3) is 4.85. The van der Waals surface area contributed by atoms with E-state index in [0.29, 0.717) is 36.9 Å². The zero-order valence-corrected chi connectivity index (χ0v) is 19.8. The molecular weight excluding hydrogens is 472 g/mol. The molecular formula is C24H25BrN4O3. The van der Waals surface area contributed by atoms with Crippen LogP contribution < -0.4 is 14.8 Å². The van der Waals surface area contributed by atoms with Gasteiger partial charge in [0.1, 0.15) is 23.4 Å². The number of anilines is 1. The van der Waals surface area contributed by atoms with Gasteiger partial charge in [-0.3, -0.25) is 4.79 Å². The van der Waals surface area contributed by atoms with Crippen molar-refractivity contribution in [3.8, 4) is 22.9 Å². The molecule has 1 fully saturated rings. The number of likely N-dealkylation sites (tertiary alicyclic amines) is 1. The quantitative estimate of drug-likeness (QED) is 0.520. The van der Waals surface area contributed by atoms with Crippen LogP contribution in [0.4, 0.5) is 5.82 Å². The Morgan fingerprint density at radius 1 is 1.09 bits per heavy atom. The number of ether oxygens (including phenoxy) is 2. The molecule has 1 aliphatic heterocycles. The number of aromatic nitrogens is 2. The molecule has 0 saturated carbocycles. The van der Waals surface area contributed by atoms with Gasteiger partial charge >= 0.3 is 0 Å². The van der Waals surface area contributed by atoms with E-state index >= 15 is 0 Å². The molecule has 1 aliphatic rings. The minimum atomic E-state index is -0.327. The molecule has 32 heavy (non-hydrogen) atoms. The van der Waals surface area contributed by atoms with Crippen LogP contribution in [0.5, 0.6) is 11.5 Å². The summed E-state index contributed by atoms with van der Waals surface area (Å²) in [5.41, 5.74) is 2.70. The molecule has 1 saturated heterocycles. The molecule has 8 heteroatoms. The van der Waals surface area contributed by atoms with Crippen LogP contribution >= 0.6 is 15.9 Å². The summed E-state index contributed by atoms with van der Waals surface area (Å²) in [6.45, 7) is 3.07. The van der Waals surface area contributed by atoms with E-state index in [-0.39, 0.29) is 11.9 Å². The van der Waals surface area contributed by atoms with Gasteiger partial charge in [0.2, 0.25) is 5.91 Å². The zero-order valence-electron chi connectivity index (χ0n) is 18.3. The Bertz CT molecular complexity index is 1120. The smallest absolute Gasteiger partial charge is 0.245 e. The first-order valence-corrected chi connectivity index (χ1v) is 11.1. The van der Waals surface area contributed by atoms with Crippen LogP contribution in [0, 0.1) is 6.92 Å². The first-order chi connectivity index (χ1) is 15.5. The normalized spacial score (nSPS) is 15.7. The van der Waals surface area contributed by atoms with Gasteiger partial charge in [-0.15, -0.1) is 0 Å². The summed E-state index contributed by atoms with van der Waals surface area (Å²) in [4.78, 5) is 24.1. The van der Waals surface area contributed by atoms with Gasteiger partial charge in [0.15, 0.2) is 5.82 Å². The molecule has 1 unspecified atom stereocenters. The second-order valence-corrected chi connectivity index (χ2v) is 8.56. The number of carbonyl (C=O) groups excluding carboxylic acids is 1. The van der Waals surface area contributed by atoms with E-state index in [1.807, 2.05) is 60.4 Å². The number of nitrogens with one attached hydrogen (secondary N) is 1. The molecule has 0 radical (unpaired) electrons. The number of benzene rings is 2. The highest BCUT2D eigenvalue weighted by Gasteiger charge is 2.32. The molecule has 2 aromatic carbocycles. The lowest BCUT2D eigenvalue weighted by atomic mass is 10.1. The molecule has 1 aromatic heterocycles. The molecule has 0 bridgehead atoms. The van der Waals surface area contributed by atoms with Crippen LogP contribution in [0.1, 0.15) is 17.7 Å².